The summed E-state index contributed by atoms with van der Waals surface area (Å²) in [7, 11) is 1.73. The fraction of sp³-hybridized carbons (Fsp3) is 0.500. The highest BCUT2D eigenvalue weighted by Crippen LogP contribution is 2.30. The highest BCUT2D eigenvalue weighted by atomic mass is 127. The van der Waals surface area contributed by atoms with Crippen molar-refractivity contribution in [2.24, 2.45) is 10.9 Å². The Kier molecular flexibility index (Phi) is 9.01. The van der Waals surface area contributed by atoms with E-state index in [1.165, 1.54) is 18.9 Å². The molecule has 1 aromatic carbocycles. The van der Waals surface area contributed by atoms with Gasteiger partial charge >= 0.3 is 0 Å². The number of aliphatic imine (C=N–C) groups is 1. The molecule has 154 valence electrons. The Labute approximate surface area is 183 Å². The van der Waals surface area contributed by atoms with Gasteiger partial charge in [0.1, 0.15) is 0 Å². The lowest BCUT2D eigenvalue weighted by Gasteiger charge is -2.19. The summed E-state index contributed by atoms with van der Waals surface area (Å²) in [6.07, 6.45) is 7.03. The highest BCUT2D eigenvalue weighted by Gasteiger charge is 2.22. The van der Waals surface area contributed by atoms with Crippen molar-refractivity contribution in [3.63, 3.8) is 0 Å². The first-order valence-electron chi connectivity index (χ1n) is 9.52. The van der Waals surface area contributed by atoms with E-state index in [2.05, 4.69) is 20.7 Å². The van der Waals surface area contributed by atoms with Gasteiger partial charge in [-0.1, -0.05) is 6.07 Å². The van der Waals surface area contributed by atoms with Crippen LogP contribution >= 0.6 is 24.0 Å². The molecular weight excluding hydrogens is 472 g/mol. The minimum absolute atomic E-state index is 0. The van der Waals surface area contributed by atoms with E-state index in [0.717, 1.165) is 25.1 Å². The van der Waals surface area contributed by atoms with Gasteiger partial charge in [0.25, 0.3) is 0 Å². The number of rotatable bonds is 9. The molecule has 0 radical (unpaired) electrons. The maximum Gasteiger partial charge on any atom is 0.191 e. The smallest absolute Gasteiger partial charge is 0.191 e. The molecule has 3 rings (SSSR count). The minimum Gasteiger partial charge on any atom is -0.490 e. The fourth-order valence-corrected chi connectivity index (χ4v) is 2.76. The highest BCUT2D eigenvalue weighted by molar-refractivity contribution is 14.0. The van der Waals surface area contributed by atoms with Crippen molar-refractivity contribution in [3.8, 4) is 5.75 Å². The molecule has 0 bridgehead atoms. The van der Waals surface area contributed by atoms with Crippen LogP contribution in [0.25, 0.3) is 0 Å². The van der Waals surface area contributed by atoms with Crippen LogP contribution < -0.4 is 15.4 Å². The Hall–Kier alpha value is -1.84. The van der Waals surface area contributed by atoms with Gasteiger partial charge in [-0.3, -0.25) is 9.67 Å². The molecule has 8 heteroatoms. The largest absolute Gasteiger partial charge is 0.490 e. The standard InChI is InChI=1S/C20H28FN5O.HI/c1-15(17-7-8-19(18(21)13-17)27-14-16-5-6-16)25-20(22-2)23-9-3-11-26-12-4-10-24-26;/h4,7-8,10,12-13,15-16H,3,5-6,9,11,14H2,1-2H3,(H2,22,23,25);1H. The van der Waals surface area contributed by atoms with Crippen LogP contribution in [0.15, 0.2) is 41.7 Å². The van der Waals surface area contributed by atoms with Crippen LogP contribution in [0.3, 0.4) is 0 Å². The normalized spacial score (nSPS) is 14.9. The molecule has 1 aromatic heterocycles. The van der Waals surface area contributed by atoms with Crippen molar-refractivity contribution in [3.05, 3.63) is 48.0 Å². The number of guanidine groups is 1. The molecule has 28 heavy (non-hydrogen) atoms. The number of ether oxygens (including phenoxy) is 1. The van der Waals surface area contributed by atoms with Crippen LogP contribution in [0, 0.1) is 11.7 Å². The number of benzene rings is 1. The zero-order valence-corrected chi connectivity index (χ0v) is 18.7. The molecule has 0 spiro atoms. The van der Waals surface area contributed by atoms with Crippen molar-refractivity contribution in [1.29, 1.82) is 0 Å². The summed E-state index contributed by atoms with van der Waals surface area (Å²) in [6, 6.07) is 6.98. The molecule has 1 aliphatic carbocycles. The van der Waals surface area contributed by atoms with Crippen molar-refractivity contribution in [2.75, 3.05) is 20.2 Å². The predicted molar refractivity (Wildman–Crippen MR) is 120 cm³/mol. The van der Waals surface area contributed by atoms with Gasteiger partial charge < -0.3 is 15.4 Å². The van der Waals surface area contributed by atoms with Crippen LogP contribution in [0.5, 0.6) is 5.75 Å². The Morgan fingerprint density at radius 2 is 2.25 bits per heavy atom. The first-order chi connectivity index (χ1) is 13.2. The summed E-state index contributed by atoms with van der Waals surface area (Å²) in [5, 5.41) is 10.7. The molecule has 1 saturated carbocycles. The lowest BCUT2D eigenvalue weighted by Crippen LogP contribution is -2.39. The molecule has 1 atom stereocenters. The average molecular weight is 501 g/mol. The van der Waals surface area contributed by atoms with Gasteiger partial charge in [0.05, 0.1) is 12.6 Å². The monoisotopic (exact) mass is 501 g/mol. The summed E-state index contributed by atoms with van der Waals surface area (Å²) in [4.78, 5) is 4.24. The zero-order chi connectivity index (χ0) is 19.1. The van der Waals surface area contributed by atoms with E-state index < -0.39 is 0 Å². The molecule has 2 aromatic rings. The van der Waals surface area contributed by atoms with Gasteiger partial charge in [-0.25, -0.2) is 4.39 Å². The van der Waals surface area contributed by atoms with E-state index in [1.807, 2.05) is 29.9 Å². The molecule has 0 saturated heterocycles. The summed E-state index contributed by atoms with van der Waals surface area (Å²) < 4.78 is 21.7. The topological polar surface area (TPSA) is 63.5 Å². The maximum atomic E-state index is 14.3. The van der Waals surface area contributed by atoms with Crippen molar-refractivity contribution >= 4 is 29.9 Å². The van der Waals surface area contributed by atoms with Gasteiger partial charge in [0.2, 0.25) is 0 Å². The molecular formula is C20H29FIN5O. The average Bonchev–Trinajstić information content (AvgIpc) is 3.36. The Bertz CT molecular complexity index is 749. The molecule has 0 aliphatic heterocycles. The van der Waals surface area contributed by atoms with E-state index in [-0.39, 0.29) is 35.8 Å². The Balaban J connectivity index is 0.00000280. The van der Waals surface area contributed by atoms with Crippen LogP contribution in [0.4, 0.5) is 4.39 Å². The molecule has 1 heterocycles. The van der Waals surface area contributed by atoms with Crippen molar-refractivity contribution in [2.45, 2.75) is 38.8 Å². The SMILES string of the molecule is CN=C(NCCCn1cccn1)NC(C)c1ccc(OCC2CC2)c(F)c1.I. The molecule has 1 unspecified atom stereocenters. The third-order valence-corrected chi connectivity index (χ3v) is 4.62. The number of aryl methyl sites for hydroxylation is 1. The molecule has 1 aliphatic rings. The van der Waals surface area contributed by atoms with Crippen LogP contribution in [-0.2, 0) is 6.54 Å². The number of hydrogen-bond acceptors (Lipinski definition) is 3. The third-order valence-electron chi connectivity index (χ3n) is 4.62. The Morgan fingerprint density at radius 3 is 2.89 bits per heavy atom. The second kappa shape index (κ2) is 11.2. The molecule has 2 N–H and O–H groups in total. The third kappa shape index (κ3) is 6.96. The Morgan fingerprint density at radius 1 is 1.43 bits per heavy atom. The summed E-state index contributed by atoms with van der Waals surface area (Å²) in [5.74, 6) is 1.31. The minimum atomic E-state index is -0.316. The van der Waals surface area contributed by atoms with Gasteiger partial charge in [0.15, 0.2) is 17.5 Å². The zero-order valence-electron chi connectivity index (χ0n) is 16.4. The molecule has 0 amide bonds. The summed E-state index contributed by atoms with van der Waals surface area (Å²) in [5.41, 5.74) is 0.853. The summed E-state index contributed by atoms with van der Waals surface area (Å²) in [6.45, 7) is 4.21. The second-order valence-electron chi connectivity index (χ2n) is 6.93. The van der Waals surface area contributed by atoms with Gasteiger partial charge in [0, 0.05) is 32.5 Å². The van der Waals surface area contributed by atoms with Crippen molar-refractivity contribution < 1.29 is 9.13 Å². The van der Waals surface area contributed by atoms with E-state index in [0.29, 0.717) is 24.2 Å². The number of hydrogen-bond donors (Lipinski definition) is 2. The van der Waals surface area contributed by atoms with Gasteiger partial charge in [-0.05, 0) is 55.9 Å². The van der Waals surface area contributed by atoms with E-state index >= 15 is 0 Å². The van der Waals surface area contributed by atoms with Crippen LogP contribution in [-0.4, -0.2) is 35.9 Å². The number of nitrogens with one attached hydrogen (secondary N) is 2. The lowest BCUT2D eigenvalue weighted by atomic mass is 10.1. The van der Waals surface area contributed by atoms with E-state index in [4.69, 9.17) is 4.74 Å². The number of halogens is 2. The van der Waals surface area contributed by atoms with E-state index in [1.54, 1.807) is 19.3 Å². The molecule has 1 fully saturated rings. The second-order valence-corrected chi connectivity index (χ2v) is 6.93. The van der Waals surface area contributed by atoms with Crippen LogP contribution in [0.2, 0.25) is 0 Å². The van der Waals surface area contributed by atoms with Gasteiger partial charge in [-0.15, -0.1) is 24.0 Å². The number of aromatic nitrogens is 2. The maximum absolute atomic E-state index is 14.3. The van der Waals surface area contributed by atoms with Gasteiger partial charge in [-0.2, -0.15) is 5.10 Å². The summed E-state index contributed by atoms with van der Waals surface area (Å²) >= 11 is 0. The predicted octanol–water partition coefficient (Wildman–Crippen LogP) is 3.75. The first-order valence-corrected chi connectivity index (χ1v) is 9.52. The van der Waals surface area contributed by atoms with E-state index in [9.17, 15) is 4.39 Å². The van der Waals surface area contributed by atoms with Crippen molar-refractivity contribution in [1.82, 2.24) is 20.4 Å². The molecule has 6 nitrogen and oxygen atoms in total. The fourth-order valence-electron chi connectivity index (χ4n) is 2.76. The first kappa shape index (κ1) is 22.4. The number of nitrogens with zero attached hydrogens (tertiary/aromatic N) is 3. The van der Waals surface area contributed by atoms with Crippen LogP contribution in [0.1, 0.15) is 37.8 Å². The lowest BCUT2D eigenvalue weighted by molar-refractivity contribution is 0.285. The quantitative estimate of drug-likeness (QED) is 0.238.